The van der Waals surface area contributed by atoms with E-state index in [0.717, 1.165) is 31.4 Å². The molecule has 4 heteroatoms. The van der Waals surface area contributed by atoms with Crippen molar-refractivity contribution in [3.63, 3.8) is 0 Å². The van der Waals surface area contributed by atoms with E-state index >= 15 is 0 Å². The molecule has 2 aliphatic rings. The number of carbonyl (C=O) groups is 1. The lowest BCUT2D eigenvalue weighted by atomic mass is 9.96. The molecule has 0 bridgehead atoms. The zero-order valence-corrected chi connectivity index (χ0v) is 12.7. The number of carbonyl (C=O) groups excluding carboxylic acids is 1. The van der Waals surface area contributed by atoms with Crippen LogP contribution in [0.3, 0.4) is 0 Å². The second-order valence-electron chi connectivity index (χ2n) is 6.07. The van der Waals surface area contributed by atoms with Crippen LogP contribution >= 0.6 is 0 Å². The molecule has 2 amide bonds. The standard InChI is InChI=1S/C17H24N2O2/c1-21-16-9-5-8-13-14(16)10-11-15(13)19-17(20)18-12-6-3-2-4-7-12/h5,8-9,12,15H,2-4,6-7,10-11H2,1H3,(H2,18,19,20)/t15-/m1/s1. The maximum Gasteiger partial charge on any atom is 0.315 e. The van der Waals surface area contributed by atoms with Gasteiger partial charge < -0.3 is 15.4 Å². The van der Waals surface area contributed by atoms with E-state index in [-0.39, 0.29) is 12.1 Å². The Morgan fingerprint density at radius 1 is 1.14 bits per heavy atom. The van der Waals surface area contributed by atoms with Gasteiger partial charge in [0.1, 0.15) is 5.75 Å². The Morgan fingerprint density at radius 2 is 1.95 bits per heavy atom. The number of rotatable bonds is 3. The Bertz CT molecular complexity index is 510. The molecule has 21 heavy (non-hydrogen) atoms. The summed E-state index contributed by atoms with van der Waals surface area (Å²) in [5, 5.41) is 6.25. The van der Waals surface area contributed by atoms with E-state index in [4.69, 9.17) is 4.74 Å². The molecule has 0 radical (unpaired) electrons. The third-order valence-corrected chi connectivity index (χ3v) is 4.69. The molecular weight excluding hydrogens is 264 g/mol. The summed E-state index contributed by atoms with van der Waals surface area (Å²) in [6.07, 6.45) is 7.91. The number of hydrogen-bond donors (Lipinski definition) is 2. The minimum absolute atomic E-state index is 0.0254. The number of fused-ring (bicyclic) bond motifs is 1. The summed E-state index contributed by atoms with van der Waals surface area (Å²) in [6, 6.07) is 6.52. The molecule has 2 N–H and O–H groups in total. The van der Waals surface area contributed by atoms with Crippen molar-refractivity contribution in [1.82, 2.24) is 10.6 Å². The van der Waals surface area contributed by atoms with Crippen LogP contribution in [0.1, 0.15) is 55.7 Å². The van der Waals surface area contributed by atoms with Crippen LogP contribution in [0.25, 0.3) is 0 Å². The number of nitrogens with one attached hydrogen (secondary N) is 2. The summed E-state index contributed by atoms with van der Waals surface area (Å²) in [4.78, 5) is 12.2. The minimum Gasteiger partial charge on any atom is -0.496 e. The summed E-state index contributed by atoms with van der Waals surface area (Å²) in [5.74, 6) is 0.935. The second kappa shape index (κ2) is 6.37. The average molecular weight is 288 g/mol. The van der Waals surface area contributed by atoms with E-state index in [0.29, 0.717) is 6.04 Å². The first-order chi connectivity index (χ1) is 10.3. The summed E-state index contributed by atoms with van der Waals surface area (Å²) in [7, 11) is 1.70. The number of methoxy groups -OCH3 is 1. The number of urea groups is 1. The maximum atomic E-state index is 12.2. The van der Waals surface area contributed by atoms with Gasteiger partial charge in [0.05, 0.1) is 13.2 Å². The van der Waals surface area contributed by atoms with Crippen molar-refractivity contribution in [3.05, 3.63) is 29.3 Å². The fraction of sp³-hybridized carbons (Fsp3) is 0.588. The van der Waals surface area contributed by atoms with Crippen molar-refractivity contribution in [1.29, 1.82) is 0 Å². The normalized spacial score (nSPS) is 21.7. The SMILES string of the molecule is COc1cccc2c1CC[C@H]2NC(=O)NC1CCCCC1. The van der Waals surface area contributed by atoms with Crippen LogP contribution < -0.4 is 15.4 Å². The molecule has 114 valence electrons. The van der Waals surface area contributed by atoms with Gasteiger partial charge in [0.15, 0.2) is 0 Å². The largest absolute Gasteiger partial charge is 0.496 e. The van der Waals surface area contributed by atoms with Crippen molar-refractivity contribution in [3.8, 4) is 5.75 Å². The highest BCUT2D eigenvalue weighted by Crippen LogP contribution is 2.36. The lowest BCUT2D eigenvalue weighted by Gasteiger charge is -2.24. The van der Waals surface area contributed by atoms with Gasteiger partial charge in [0.2, 0.25) is 0 Å². The lowest BCUT2D eigenvalue weighted by molar-refractivity contribution is 0.229. The first-order valence-corrected chi connectivity index (χ1v) is 8.00. The molecule has 1 saturated carbocycles. The van der Waals surface area contributed by atoms with E-state index in [1.54, 1.807) is 7.11 Å². The zero-order chi connectivity index (χ0) is 14.7. The minimum atomic E-state index is -0.0254. The topological polar surface area (TPSA) is 50.4 Å². The lowest BCUT2D eigenvalue weighted by Crippen LogP contribution is -2.43. The van der Waals surface area contributed by atoms with Crippen LogP contribution in [-0.2, 0) is 6.42 Å². The Balaban J connectivity index is 1.61. The van der Waals surface area contributed by atoms with Gasteiger partial charge in [-0.3, -0.25) is 0 Å². The van der Waals surface area contributed by atoms with Gasteiger partial charge in [0.25, 0.3) is 0 Å². The molecule has 3 rings (SSSR count). The summed E-state index contributed by atoms with van der Waals surface area (Å²) >= 11 is 0. The monoisotopic (exact) mass is 288 g/mol. The molecule has 0 spiro atoms. The van der Waals surface area contributed by atoms with Crippen LogP contribution in [0.2, 0.25) is 0 Å². The molecule has 0 saturated heterocycles. The highest BCUT2D eigenvalue weighted by Gasteiger charge is 2.27. The summed E-state index contributed by atoms with van der Waals surface area (Å²) in [5.41, 5.74) is 2.44. The molecule has 0 aliphatic heterocycles. The third-order valence-electron chi connectivity index (χ3n) is 4.69. The Hall–Kier alpha value is -1.71. The Morgan fingerprint density at radius 3 is 2.71 bits per heavy atom. The van der Waals surface area contributed by atoms with E-state index in [9.17, 15) is 4.79 Å². The molecule has 1 aromatic rings. The molecule has 0 aromatic heterocycles. The second-order valence-corrected chi connectivity index (χ2v) is 6.07. The van der Waals surface area contributed by atoms with Crippen molar-refractivity contribution >= 4 is 6.03 Å². The van der Waals surface area contributed by atoms with Gasteiger partial charge in [-0.05, 0) is 42.9 Å². The van der Waals surface area contributed by atoms with Crippen LogP contribution in [0.5, 0.6) is 5.75 Å². The van der Waals surface area contributed by atoms with Gasteiger partial charge >= 0.3 is 6.03 Å². The van der Waals surface area contributed by atoms with E-state index in [2.05, 4.69) is 16.7 Å². The molecular formula is C17H24N2O2. The van der Waals surface area contributed by atoms with Gasteiger partial charge in [-0.1, -0.05) is 31.4 Å². The van der Waals surface area contributed by atoms with Gasteiger partial charge in [-0.25, -0.2) is 4.79 Å². The van der Waals surface area contributed by atoms with Crippen LogP contribution in [0, 0.1) is 0 Å². The van der Waals surface area contributed by atoms with Crippen molar-refractivity contribution in [2.24, 2.45) is 0 Å². The predicted octanol–water partition coefficient (Wildman–Crippen LogP) is 3.31. The first-order valence-electron chi connectivity index (χ1n) is 8.00. The molecule has 1 fully saturated rings. The maximum absolute atomic E-state index is 12.2. The summed E-state index contributed by atoms with van der Waals surface area (Å²) in [6.45, 7) is 0. The summed E-state index contributed by atoms with van der Waals surface area (Å²) < 4.78 is 5.40. The highest BCUT2D eigenvalue weighted by molar-refractivity contribution is 5.75. The Kier molecular flexibility index (Phi) is 4.32. The Labute approximate surface area is 126 Å². The number of amides is 2. The fourth-order valence-electron chi connectivity index (χ4n) is 3.59. The van der Waals surface area contributed by atoms with Gasteiger partial charge in [-0.2, -0.15) is 0 Å². The van der Waals surface area contributed by atoms with E-state index in [1.807, 2.05) is 12.1 Å². The van der Waals surface area contributed by atoms with Crippen LogP contribution in [0.15, 0.2) is 18.2 Å². The predicted molar refractivity (Wildman–Crippen MR) is 82.6 cm³/mol. The van der Waals surface area contributed by atoms with Gasteiger partial charge in [-0.15, -0.1) is 0 Å². The zero-order valence-electron chi connectivity index (χ0n) is 12.7. The molecule has 0 unspecified atom stereocenters. The number of benzene rings is 1. The molecule has 0 heterocycles. The van der Waals surface area contributed by atoms with E-state index in [1.165, 1.54) is 30.4 Å². The van der Waals surface area contributed by atoms with E-state index < -0.39 is 0 Å². The molecule has 2 aliphatic carbocycles. The van der Waals surface area contributed by atoms with Crippen molar-refractivity contribution in [2.75, 3.05) is 7.11 Å². The smallest absolute Gasteiger partial charge is 0.315 e. The quantitative estimate of drug-likeness (QED) is 0.896. The number of ether oxygens (including phenoxy) is 1. The average Bonchev–Trinajstić information content (AvgIpc) is 2.91. The highest BCUT2D eigenvalue weighted by atomic mass is 16.5. The third kappa shape index (κ3) is 3.14. The molecule has 4 nitrogen and oxygen atoms in total. The first kappa shape index (κ1) is 14.2. The molecule has 1 aromatic carbocycles. The van der Waals surface area contributed by atoms with Crippen LogP contribution in [0.4, 0.5) is 4.79 Å². The van der Waals surface area contributed by atoms with Crippen molar-refractivity contribution < 1.29 is 9.53 Å². The fourth-order valence-corrected chi connectivity index (χ4v) is 3.59. The van der Waals surface area contributed by atoms with Crippen LogP contribution in [-0.4, -0.2) is 19.2 Å². The van der Waals surface area contributed by atoms with Crippen molar-refractivity contribution in [2.45, 2.75) is 57.0 Å². The van der Waals surface area contributed by atoms with Gasteiger partial charge in [0, 0.05) is 6.04 Å². The number of hydrogen-bond acceptors (Lipinski definition) is 2. The molecule has 1 atom stereocenters.